The number of carboxylic acid groups (broad SMARTS) is 1. The molecule has 11 nitrogen and oxygen atoms in total. The molecule has 0 aliphatic carbocycles. The first-order valence-corrected chi connectivity index (χ1v) is 9.39. The summed E-state index contributed by atoms with van der Waals surface area (Å²) in [5.74, 6) is 0.0723. The van der Waals surface area contributed by atoms with E-state index in [0.717, 1.165) is 5.39 Å². The molecular formula is C21H13N7O4. The van der Waals surface area contributed by atoms with Crippen LogP contribution in [0.2, 0.25) is 0 Å². The third kappa shape index (κ3) is 3.16. The van der Waals surface area contributed by atoms with Crippen molar-refractivity contribution in [2.45, 2.75) is 13.5 Å². The number of ether oxygens (including phenoxy) is 1. The van der Waals surface area contributed by atoms with Gasteiger partial charge in [-0.1, -0.05) is 29.4 Å². The van der Waals surface area contributed by atoms with Crippen LogP contribution in [-0.4, -0.2) is 41.0 Å². The molecule has 11 heteroatoms. The lowest BCUT2D eigenvalue weighted by Crippen LogP contribution is -2.06. The van der Waals surface area contributed by atoms with Gasteiger partial charge in [-0.15, -0.1) is 15.3 Å². The summed E-state index contributed by atoms with van der Waals surface area (Å²) in [7, 11) is 0. The number of hydrogen-bond donors (Lipinski definition) is 1. The highest BCUT2D eigenvalue weighted by atomic mass is 16.5. The normalized spacial score (nSPS) is 11.0. The average molecular weight is 427 g/mol. The minimum absolute atomic E-state index is 0.00404. The molecule has 0 atom stereocenters. The van der Waals surface area contributed by atoms with Gasteiger partial charge in [0.05, 0.1) is 17.2 Å². The molecule has 0 amide bonds. The first kappa shape index (κ1) is 19.1. The molecule has 3 heterocycles. The van der Waals surface area contributed by atoms with Crippen molar-refractivity contribution in [2.75, 3.05) is 0 Å². The second-order valence-corrected chi connectivity index (χ2v) is 6.82. The van der Waals surface area contributed by atoms with E-state index in [1.165, 1.54) is 16.6 Å². The number of carboxylic acids is 1. The molecule has 5 rings (SSSR count). The topological polar surface area (TPSA) is 152 Å². The molecule has 0 unspecified atom stereocenters. The lowest BCUT2D eigenvalue weighted by molar-refractivity contribution is 0.0696. The fourth-order valence-corrected chi connectivity index (χ4v) is 3.27. The van der Waals surface area contributed by atoms with E-state index in [1.807, 2.05) is 30.3 Å². The van der Waals surface area contributed by atoms with Gasteiger partial charge in [-0.2, -0.15) is 14.8 Å². The maximum atomic E-state index is 11.2. The van der Waals surface area contributed by atoms with E-state index < -0.39 is 5.97 Å². The maximum absolute atomic E-state index is 11.2. The van der Waals surface area contributed by atoms with Gasteiger partial charge in [0.25, 0.3) is 0 Å². The van der Waals surface area contributed by atoms with Gasteiger partial charge in [-0.3, -0.25) is 0 Å². The molecule has 1 N–H and O–H groups in total. The second-order valence-electron chi connectivity index (χ2n) is 6.82. The zero-order chi connectivity index (χ0) is 22.2. The van der Waals surface area contributed by atoms with E-state index in [2.05, 4.69) is 25.4 Å². The quantitative estimate of drug-likeness (QED) is 0.443. The third-order valence-corrected chi connectivity index (χ3v) is 4.80. The van der Waals surface area contributed by atoms with E-state index in [-0.39, 0.29) is 35.3 Å². The molecule has 156 valence electrons. The lowest BCUT2D eigenvalue weighted by Gasteiger charge is -2.11. The first-order chi connectivity index (χ1) is 15.5. The highest BCUT2D eigenvalue weighted by Crippen LogP contribution is 2.29. The van der Waals surface area contributed by atoms with Gasteiger partial charge >= 0.3 is 5.97 Å². The van der Waals surface area contributed by atoms with Gasteiger partial charge < -0.3 is 14.4 Å². The van der Waals surface area contributed by atoms with Gasteiger partial charge in [0, 0.05) is 23.3 Å². The fourth-order valence-electron chi connectivity index (χ4n) is 3.27. The van der Waals surface area contributed by atoms with Crippen LogP contribution >= 0.6 is 0 Å². The standard InChI is InChI=1S/C21H13N7O4/c1-11-23-17(27-32-11)19-25-24-18-15-4-2-3-5-16(15)20(26-28(18)19)31-10-13-7-6-12(21(29)30)8-14(13)9-22/h2-8H,10H2,1H3,(H,29,30). The Labute approximate surface area is 179 Å². The van der Waals surface area contributed by atoms with Crippen molar-refractivity contribution in [3.05, 3.63) is 65.0 Å². The van der Waals surface area contributed by atoms with Gasteiger partial charge in [0.15, 0.2) is 5.65 Å². The predicted octanol–water partition coefficient (Wildman–Crippen LogP) is 2.78. The molecule has 0 saturated carbocycles. The van der Waals surface area contributed by atoms with E-state index in [9.17, 15) is 10.1 Å². The molecule has 0 fully saturated rings. The highest BCUT2D eigenvalue weighted by molar-refractivity contribution is 5.96. The first-order valence-electron chi connectivity index (χ1n) is 9.39. The fraction of sp³-hybridized carbons (Fsp3) is 0.0952. The summed E-state index contributed by atoms with van der Waals surface area (Å²) in [4.78, 5) is 15.4. The van der Waals surface area contributed by atoms with Crippen LogP contribution in [-0.2, 0) is 6.61 Å². The number of nitrogens with zero attached hydrogens (tertiary/aromatic N) is 7. The minimum atomic E-state index is -1.11. The van der Waals surface area contributed by atoms with E-state index in [0.29, 0.717) is 22.5 Å². The Morgan fingerprint density at radius 3 is 2.75 bits per heavy atom. The van der Waals surface area contributed by atoms with Crippen molar-refractivity contribution >= 4 is 22.4 Å². The number of aromatic nitrogens is 6. The summed E-state index contributed by atoms with van der Waals surface area (Å²) in [5.41, 5.74) is 1.26. The van der Waals surface area contributed by atoms with Gasteiger partial charge in [-0.25, -0.2) is 4.79 Å². The highest BCUT2D eigenvalue weighted by Gasteiger charge is 2.19. The van der Waals surface area contributed by atoms with Crippen LogP contribution in [0.3, 0.4) is 0 Å². The molecule has 2 aromatic carbocycles. The van der Waals surface area contributed by atoms with Crippen LogP contribution in [0.5, 0.6) is 5.88 Å². The van der Waals surface area contributed by atoms with Crippen molar-refractivity contribution in [1.82, 2.24) is 30.0 Å². The predicted molar refractivity (Wildman–Crippen MR) is 109 cm³/mol. The number of benzene rings is 2. The molecule has 3 aromatic heterocycles. The molecule has 0 spiro atoms. The molecule has 0 radical (unpaired) electrons. The Balaban J connectivity index is 1.59. The summed E-state index contributed by atoms with van der Waals surface area (Å²) in [6, 6.07) is 13.7. The monoisotopic (exact) mass is 427 g/mol. The van der Waals surface area contributed by atoms with Crippen molar-refractivity contribution in [3.8, 4) is 23.6 Å². The number of nitriles is 1. The Morgan fingerprint density at radius 1 is 1.22 bits per heavy atom. The summed E-state index contributed by atoms with van der Waals surface area (Å²) in [6.45, 7) is 1.67. The number of aryl methyl sites for hydroxylation is 1. The number of carbonyl (C=O) groups is 1. The summed E-state index contributed by atoms with van der Waals surface area (Å²) >= 11 is 0. The number of hydrogen-bond acceptors (Lipinski definition) is 9. The molecule has 0 bridgehead atoms. The molecule has 32 heavy (non-hydrogen) atoms. The smallest absolute Gasteiger partial charge is 0.335 e. The van der Waals surface area contributed by atoms with Gasteiger partial charge in [0.2, 0.25) is 23.4 Å². The second kappa shape index (κ2) is 7.44. The number of aromatic carboxylic acids is 1. The van der Waals surface area contributed by atoms with Crippen LogP contribution in [0.15, 0.2) is 47.0 Å². The summed E-state index contributed by atoms with van der Waals surface area (Å²) < 4.78 is 12.5. The zero-order valence-electron chi connectivity index (χ0n) is 16.6. The molecular weight excluding hydrogens is 414 g/mol. The van der Waals surface area contributed by atoms with E-state index in [1.54, 1.807) is 13.0 Å². The number of fused-ring (bicyclic) bond motifs is 3. The Bertz CT molecular complexity index is 1550. The molecule has 0 aliphatic heterocycles. The van der Waals surface area contributed by atoms with Crippen LogP contribution < -0.4 is 4.74 Å². The van der Waals surface area contributed by atoms with Crippen molar-refractivity contribution < 1.29 is 19.2 Å². The van der Waals surface area contributed by atoms with E-state index in [4.69, 9.17) is 14.4 Å². The Hall–Kier alpha value is -4.85. The maximum Gasteiger partial charge on any atom is 0.335 e. The van der Waals surface area contributed by atoms with Crippen LogP contribution in [0.25, 0.3) is 28.1 Å². The SMILES string of the molecule is Cc1nc(-c2nnc3c4ccccc4c(OCc4ccc(C(=O)O)cc4C#N)nn23)no1. The van der Waals surface area contributed by atoms with Crippen molar-refractivity contribution in [3.63, 3.8) is 0 Å². The summed E-state index contributed by atoms with van der Waals surface area (Å²) in [5, 5.41) is 36.8. The van der Waals surface area contributed by atoms with Crippen molar-refractivity contribution in [2.24, 2.45) is 0 Å². The van der Waals surface area contributed by atoms with Gasteiger partial charge in [0.1, 0.15) is 6.61 Å². The van der Waals surface area contributed by atoms with Gasteiger partial charge in [-0.05, 0) is 18.2 Å². The zero-order valence-corrected chi connectivity index (χ0v) is 16.6. The van der Waals surface area contributed by atoms with Crippen molar-refractivity contribution in [1.29, 1.82) is 5.26 Å². The molecule has 5 aromatic rings. The van der Waals surface area contributed by atoms with Crippen LogP contribution in [0, 0.1) is 18.3 Å². The summed E-state index contributed by atoms with van der Waals surface area (Å²) in [6.07, 6.45) is 0. The molecule has 0 saturated heterocycles. The Morgan fingerprint density at radius 2 is 2.03 bits per heavy atom. The average Bonchev–Trinajstić information content (AvgIpc) is 3.43. The number of rotatable bonds is 5. The lowest BCUT2D eigenvalue weighted by atomic mass is 10.1. The van der Waals surface area contributed by atoms with E-state index >= 15 is 0 Å². The Kier molecular flexibility index (Phi) is 4.45. The van der Waals surface area contributed by atoms with Crippen LogP contribution in [0.1, 0.15) is 27.4 Å². The minimum Gasteiger partial charge on any atom is -0.478 e. The third-order valence-electron chi connectivity index (χ3n) is 4.80. The molecule has 0 aliphatic rings. The van der Waals surface area contributed by atoms with Crippen LogP contribution in [0.4, 0.5) is 0 Å². The largest absolute Gasteiger partial charge is 0.478 e.